The maximum absolute atomic E-state index is 14.7. The third-order valence-corrected chi connectivity index (χ3v) is 12.5. The van der Waals surface area contributed by atoms with Crippen molar-refractivity contribution in [3.05, 3.63) is 84.8 Å². The number of piperidine rings is 1. The number of carbonyl (C=O) groups excluding carboxylic acids is 1. The molecule has 5 aromatic rings. The van der Waals surface area contributed by atoms with Crippen LogP contribution in [0.5, 0.6) is 0 Å². The second kappa shape index (κ2) is 10.8. The number of nitrogens with zero attached hydrogens (tertiary/aromatic N) is 7. The van der Waals surface area contributed by atoms with Crippen LogP contribution in [0, 0.1) is 11.3 Å². The molecule has 1 aliphatic carbocycles. The molecule has 244 valence electrons. The molecule has 8 rings (SSSR count). The van der Waals surface area contributed by atoms with Gasteiger partial charge in [-0.1, -0.05) is 48.5 Å². The maximum Gasteiger partial charge on any atom is 0.269 e. The van der Waals surface area contributed by atoms with Gasteiger partial charge >= 0.3 is 0 Å². The molecule has 5 heterocycles. The molecule has 12 heteroatoms. The fourth-order valence-corrected chi connectivity index (χ4v) is 10.0. The van der Waals surface area contributed by atoms with Gasteiger partial charge in [-0.2, -0.15) is 10.4 Å². The van der Waals surface area contributed by atoms with Crippen molar-refractivity contribution < 1.29 is 13.2 Å². The zero-order valence-corrected chi connectivity index (χ0v) is 27.7. The number of fused-ring (bicyclic) bond motifs is 4. The Morgan fingerprint density at radius 2 is 1.65 bits per heavy atom. The first kappa shape index (κ1) is 30.5. The van der Waals surface area contributed by atoms with E-state index in [0.717, 1.165) is 24.0 Å². The molecule has 3 aromatic heterocycles. The highest BCUT2D eigenvalue weighted by Gasteiger charge is 2.56. The number of hydrogen-bond donors (Lipinski definition) is 1. The van der Waals surface area contributed by atoms with Gasteiger partial charge in [-0.25, -0.2) is 17.4 Å². The fourth-order valence-electron chi connectivity index (χ4n) is 8.51. The molecule has 0 bridgehead atoms. The highest BCUT2D eigenvalue weighted by Crippen LogP contribution is 2.55. The van der Waals surface area contributed by atoms with Crippen molar-refractivity contribution in [3.63, 3.8) is 0 Å². The molecule has 2 aliphatic heterocycles. The number of rotatable bonds is 6. The summed E-state index contributed by atoms with van der Waals surface area (Å²) in [5.41, 5.74) is 9.38. The van der Waals surface area contributed by atoms with E-state index in [2.05, 4.69) is 16.1 Å². The average molecular weight is 661 g/mol. The zero-order valence-electron chi connectivity index (χ0n) is 26.9. The van der Waals surface area contributed by atoms with Gasteiger partial charge in [0.05, 0.1) is 46.6 Å². The normalized spacial score (nSPS) is 22.2. The molecule has 1 amide bonds. The van der Waals surface area contributed by atoms with Crippen LogP contribution in [-0.2, 0) is 27.3 Å². The number of benzene rings is 2. The topological polar surface area (TPSA) is 143 Å². The second-order valence-corrected chi connectivity index (χ2v) is 15.2. The van der Waals surface area contributed by atoms with Gasteiger partial charge in [0.1, 0.15) is 0 Å². The van der Waals surface area contributed by atoms with Crippen molar-refractivity contribution >= 4 is 32.7 Å². The van der Waals surface area contributed by atoms with Crippen molar-refractivity contribution in [2.24, 2.45) is 12.8 Å². The summed E-state index contributed by atoms with van der Waals surface area (Å²) in [6, 6.07) is 20.5. The minimum absolute atomic E-state index is 0.0216. The summed E-state index contributed by atoms with van der Waals surface area (Å²) in [5.74, 6) is -0.0216. The molecule has 0 atom stereocenters. The number of nitrogens with two attached hydrogens (primary N) is 1. The van der Waals surface area contributed by atoms with Gasteiger partial charge < -0.3 is 10.6 Å². The van der Waals surface area contributed by atoms with Crippen LogP contribution in [0.3, 0.4) is 0 Å². The van der Waals surface area contributed by atoms with Crippen LogP contribution in [0.2, 0.25) is 0 Å². The number of likely N-dealkylation sites (tertiary alicyclic amines) is 1. The first-order chi connectivity index (χ1) is 23.1. The zero-order chi connectivity index (χ0) is 33.4. The predicted molar refractivity (Wildman–Crippen MR) is 182 cm³/mol. The molecule has 0 unspecified atom stereocenters. The minimum atomic E-state index is -4.18. The Hall–Kier alpha value is -4.83. The summed E-state index contributed by atoms with van der Waals surface area (Å²) in [5, 5.41) is 14.8. The second-order valence-electron chi connectivity index (χ2n) is 13.5. The summed E-state index contributed by atoms with van der Waals surface area (Å²) >= 11 is 0. The van der Waals surface area contributed by atoms with Crippen LogP contribution in [-0.4, -0.2) is 69.7 Å². The van der Waals surface area contributed by atoms with Gasteiger partial charge in [0.15, 0.2) is 5.65 Å². The Bertz CT molecular complexity index is 2220. The van der Waals surface area contributed by atoms with Gasteiger partial charge in [0, 0.05) is 67.0 Å². The first-order valence-corrected chi connectivity index (χ1v) is 17.6. The van der Waals surface area contributed by atoms with Crippen molar-refractivity contribution in [1.82, 2.24) is 23.6 Å². The summed E-state index contributed by atoms with van der Waals surface area (Å²) < 4.78 is 32.5. The lowest BCUT2D eigenvalue weighted by Crippen LogP contribution is -2.64. The predicted octanol–water partition coefficient (Wildman–Crippen LogP) is 4.42. The van der Waals surface area contributed by atoms with E-state index in [1.165, 1.54) is 3.97 Å². The number of amides is 1. The van der Waals surface area contributed by atoms with Crippen LogP contribution in [0.25, 0.3) is 33.4 Å². The number of aryl methyl sites for hydroxylation is 1. The summed E-state index contributed by atoms with van der Waals surface area (Å²) in [6.45, 7) is 1.24. The summed E-state index contributed by atoms with van der Waals surface area (Å²) in [7, 11) is -0.603. The highest BCUT2D eigenvalue weighted by molar-refractivity contribution is 7.90. The van der Waals surface area contributed by atoms with Gasteiger partial charge in [0.25, 0.3) is 10.0 Å². The Morgan fingerprint density at radius 3 is 2.25 bits per heavy atom. The minimum Gasteiger partial charge on any atom is -0.328 e. The lowest BCUT2D eigenvalue weighted by Gasteiger charge is -2.55. The van der Waals surface area contributed by atoms with E-state index >= 15 is 0 Å². The molecule has 11 nitrogen and oxygen atoms in total. The van der Waals surface area contributed by atoms with Gasteiger partial charge in [-0.05, 0) is 43.4 Å². The molecule has 1 saturated heterocycles. The number of anilines is 1. The third kappa shape index (κ3) is 4.24. The smallest absolute Gasteiger partial charge is 0.269 e. The van der Waals surface area contributed by atoms with Crippen LogP contribution in [0.1, 0.15) is 37.7 Å². The molecule has 2 fully saturated rings. The molecular formula is C36H36N8O3S. The van der Waals surface area contributed by atoms with E-state index in [0.29, 0.717) is 60.2 Å². The van der Waals surface area contributed by atoms with Crippen molar-refractivity contribution in [2.75, 3.05) is 25.0 Å². The Kier molecular flexibility index (Phi) is 6.89. The number of pyridine rings is 1. The number of hydrogen-bond acceptors (Lipinski definition) is 8. The van der Waals surface area contributed by atoms with Crippen molar-refractivity contribution in [3.8, 4) is 28.5 Å². The van der Waals surface area contributed by atoms with E-state index in [4.69, 9.17) is 10.7 Å². The van der Waals surface area contributed by atoms with E-state index in [-0.39, 0.29) is 28.0 Å². The average Bonchev–Trinajstić information content (AvgIpc) is 3.73. The lowest BCUT2D eigenvalue weighted by molar-refractivity contribution is -0.126. The quantitative estimate of drug-likeness (QED) is 0.282. The highest BCUT2D eigenvalue weighted by atomic mass is 32.2. The Morgan fingerprint density at radius 1 is 0.979 bits per heavy atom. The van der Waals surface area contributed by atoms with E-state index < -0.39 is 15.4 Å². The monoisotopic (exact) mass is 660 g/mol. The van der Waals surface area contributed by atoms with Crippen LogP contribution in [0.4, 0.5) is 5.69 Å². The molecule has 0 radical (unpaired) electrons. The van der Waals surface area contributed by atoms with Crippen molar-refractivity contribution in [2.45, 2.75) is 54.0 Å². The number of aromatic nitrogens is 4. The number of likely N-dealkylation sites (N-methyl/N-ethyl adjacent to an activating group) is 1. The molecule has 2 aromatic carbocycles. The third-order valence-electron chi connectivity index (χ3n) is 10.8. The molecule has 3 aliphatic rings. The number of carbonyl (C=O) groups is 1. The molecular weight excluding hydrogens is 625 g/mol. The van der Waals surface area contributed by atoms with Crippen LogP contribution in [0.15, 0.2) is 84.1 Å². The van der Waals surface area contributed by atoms with E-state index in [9.17, 15) is 18.5 Å². The number of nitriles is 1. The van der Waals surface area contributed by atoms with Gasteiger partial charge in [-0.3, -0.25) is 14.4 Å². The molecule has 48 heavy (non-hydrogen) atoms. The maximum atomic E-state index is 14.7. The summed E-state index contributed by atoms with van der Waals surface area (Å²) in [6.07, 6.45) is 8.10. The standard InChI is InChI=1S/C36H36N8O3S/c1-41-23-25(21-40-41)32-29(24-9-5-3-6-10-24)30-31-28(22-39-33(30)44(32)48(46,47)27-11-7-4-8-12-27)42(2)34(45)36(31)14-17-43(18-15-36)35(13-16-37)19-26(38)20-35/h3-12,21-23,26H,13-15,17-20,38H2,1-2H3. The molecule has 1 spiro atoms. The van der Waals surface area contributed by atoms with Gasteiger partial charge in [0.2, 0.25) is 5.91 Å². The van der Waals surface area contributed by atoms with E-state index in [1.807, 2.05) is 30.3 Å². The molecule has 1 saturated carbocycles. The van der Waals surface area contributed by atoms with Crippen molar-refractivity contribution in [1.29, 1.82) is 5.26 Å². The van der Waals surface area contributed by atoms with Gasteiger partial charge in [-0.15, -0.1) is 0 Å². The first-order valence-electron chi connectivity index (χ1n) is 16.2. The van der Waals surface area contributed by atoms with Crippen LogP contribution < -0.4 is 10.6 Å². The Balaban J connectivity index is 1.42. The molecule has 2 N–H and O–H groups in total. The fraction of sp³-hybridized carbons (Fsp3) is 0.333. The SMILES string of the molecule is CN1C(=O)C2(CCN(C3(CC#N)CC(N)C3)CC2)c2c1cnc1c2c(-c2ccccc2)c(-c2cnn(C)c2)n1S(=O)(=O)c1ccccc1. The summed E-state index contributed by atoms with van der Waals surface area (Å²) in [4.78, 5) is 23.5. The lowest BCUT2D eigenvalue weighted by atomic mass is 9.66. The Labute approximate surface area is 279 Å². The van der Waals surface area contributed by atoms with E-state index in [1.54, 1.807) is 72.6 Å². The van der Waals surface area contributed by atoms with Crippen LogP contribution >= 0.6 is 0 Å². The largest absolute Gasteiger partial charge is 0.328 e.